The fourth-order valence-corrected chi connectivity index (χ4v) is 5.00. The quantitative estimate of drug-likeness (QED) is 0.467. The van der Waals surface area contributed by atoms with Gasteiger partial charge in [-0.05, 0) is 43.7 Å². The summed E-state index contributed by atoms with van der Waals surface area (Å²) in [4.78, 5) is 31.3. The minimum absolute atomic E-state index is 0. The van der Waals surface area contributed by atoms with Crippen LogP contribution in [0.3, 0.4) is 0 Å². The number of aromatic nitrogens is 3. The molecule has 2 amide bonds. The number of carbonyl (C=O) groups excluding carboxylic acids is 2. The lowest BCUT2D eigenvalue weighted by Gasteiger charge is -2.35. The molecule has 0 aliphatic carbocycles. The summed E-state index contributed by atoms with van der Waals surface area (Å²) in [5.41, 5.74) is 16.0. The van der Waals surface area contributed by atoms with E-state index in [1.807, 2.05) is 37.4 Å². The van der Waals surface area contributed by atoms with Crippen molar-refractivity contribution in [3.8, 4) is 11.5 Å². The Bertz CT molecular complexity index is 1390. The Morgan fingerprint density at radius 2 is 1.88 bits per heavy atom. The molecule has 0 saturated carbocycles. The van der Waals surface area contributed by atoms with Gasteiger partial charge in [0.05, 0.1) is 22.6 Å². The summed E-state index contributed by atoms with van der Waals surface area (Å²) in [5, 5.41) is 1.17. The molecule has 0 unspecified atom stereocenters. The highest BCUT2D eigenvalue weighted by Crippen LogP contribution is 2.30. The number of fused-ring (bicyclic) bond motifs is 2. The van der Waals surface area contributed by atoms with Gasteiger partial charge in [-0.1, -0.05) is 18.2 Å². The number of rotatable bonds is 4. The van der Waals surface area contributed by atoms with Crippen molar-refractivity contribution in [2.45, 2.75) is 25.9 Å². The molecule has 2 aromatic carbocycles. The smallest absolute Gasteiger partial charge is 0.253 e. The van der Waals surface area contributed by atoms with Crippen LogP contribution in [0.5, 0.6) is 0 Å². The fraction of sp³-hybridized carbons (Fsp3) is 0.320. The molecule has 1 aliphatic rings. The number of nitrogens with two attached hydrogens (primary N) is 2. The molecule has 1 saturated heterocycles. The minimum atomic E-state index is -0.443. The van der Waals surface area contributed by atoms with Crippen LogP contribution >= 0.6 is 12.4 Å². The molecule has 8 nitrogen and oxygen atoms in total. The molecule has 2 aromatic heterocycles. The van der Waals surface area contributed by atoms with Crippen molar-refractivity contribution in [2.24, 2.45) is 24.4 Å². The third-order valence-corrected chi connectivity index (χ3v) is 6.79. The zero-order chi connectivity index (χ0) is 23.3. The van der Waals surface area contributed by atoms with E-state index in [0.29, 0.717) is 25.1 Å². The SMILES string of the molecule is CCn1c(-c2nc3cc(C(=O)N4CC[C@H](C(N)=O)[C@H](N)C4)ccc3n2C)cc2ccccc21.Cl. The monoisotopic (exact) mass is 480 g/mol. The predicted molar refractivity (Wildman–Crippen MR) is 136 cm³/mol. The Labute approximate surface area is 203 Å². The van der Waals surface area contributed by atoms with Crippen molar-refractivity contribution in [1.82, 2.24) is 19.0 Å². The lowest BCUT2D eigenvalue weighted by atomic mass is 9.91. The van der Waals surface area contributed by atoms with E-state index in [1.165, 1.54) is 10.9 Å². The van der Waals surface area contributed by atoms with Crippen LogP contribution in [0.2, 0.25) is 0 Å². The van der Waals surface area contributed by atoms with Gasteiger partial charge in [-0.15, -0.1) is 12.4 Å². The molecule has 5 rings (SSSR count). The number of hydrogen-bond acceptors (Lipinski definition) is 4. The topological polar surface area (TPSA) is 112 Å². The largest absolute Gasteiger partial charge is 0.369 e. The number of likely N-dealkylation sites (tertiary alicyclic amines) is 1. The van der Waals surface area contributed by atoms with Gasteiger partial charge >= 0.3 is 0 Å². The molecule has 2 atom stereocenters. The van der Waals surface area contributed by atoms with Gasteiger partial charge in [0.1, 0.15) is 0 Å². The summed E-state index contributed by atoms with van der Waals surface area (Å²) in [5.74, 6) is -0.0381. The van der Waals surface area contributed by atoms with Gasteiger partial charge in [-0.2, -0.15) is 0 Å². The number of primary amides is 1. The fourth-order valence-electron chi connectivity index (χ4n) is 5.00. The Kier molecular flexibility index (Phi) is 6.38. The highest BCUT2D eigenvalue weighted by atomic mass is 35.5. The number of piperidine rings is 1. The number of halogens is 1. The second-order valence-electron chi connectivity index (χ2n) is 8.74. The first-order chi connectivity index (χ1) is 15.9. The van der Waals surface area contributed by atoms with E-state index >= 15 is 0 Å². The summed E-state index contributed by atoms with van der Waals surface area (Å²) in [6.07, 6.45) is 0.486. The number of benzene rings is 2. The summed E-state index contributed by atoms with van der Waals surface area (Å²) in [6.45, 7) is 3.73. The molecular formula is C25H29ClN6O2. The van der Waals surface area contributed by atoms with Crippen LogP contribution in [0.1, 0.15) is 23.7 Å². The van der Waals surface area contributed by atoms with Crippen LogP contribution < -0.4 is 11.5 Å². The van der Waals surface area contributed by atoms with Crippen LogP contribution in [0.25, 0.3) is 33.5 Å². The van der Waals surface area contributed by atoms with Gasteiger partial charge in [0.15, 0.2) is 5.82 Å². The van der Waals surface area contributed by atoms with E-state index in [2.05, 4.69) is 34.3 Å². The number of aryl methyl sites for hydroxylation is 2. The maximum atomic E-state index is 13.2. The van der Waals surface area contributed by atoms with Crippen LogP contribution in [0, 0.1) is 5.92 Å². The first-order valence-electron chi connectivity index (χ1n) is 11.3. The third-order valence-electron chi connectivity index (χ3n) is 6.79. The van der Waals surface area contributed by atoms with E-state index < -0.39 is 11.9 Å². The van der Waals surface area contributed by atoms with Gasteiger partial charge in [0, 0.05) is 49.2 Å². The molecule has 3 heterocycles. The standard InChI is InChI=1S/C25H28N6O2.ClH/c1-3-31-20-7-5-4-6-15(20)13-22(31)24-28-19-12-16(8-9-21(19)29(24)2)25(33)30-11-10-17(23(27)32)18(26)14-30;/h4-9,12-13,17-18H,3,10-11,14,26H2,1-2H3,(H2,27,32);1H/t17-,18+;/m0./s1. The molecule has 4 N–H and O–H groups in total. The number of imidazole rings is 1. The Morgan fingerprint density at radius 1 is 1.12 bits per heavy atom. The van der Waals surface area contributed by atoms with E-state index in [1.54, 1.807) is 4.90 Å². The van der Waals surface area contributed by atoms with Crippen molar-refractivity contribution in [3.63, 3.8) is 0 Å². The molecule has 178 valence electrons. The van der Waals surface area contributed by atoms with E-state index in [4.69, 9.17) is 16.5 Å². The van der Waals surface area contributed by atoms with Crippen LogP contribution in [-0.2, 0) is 18.4 Å². The number of carbonyl (C=O) groups is 2. The molecule has 1 fully saturated rings. The number of nitrogens with zero attached hydrogens (tertiary/aromatic N) is 4. The second kappa shape index (κ2) is 9.12. The van der Waals surface area contributed by atoms with Gasteiger partial charge in [-0.3, -0.25) is 9.59 Å². The molecule has 9 heteroatoms. The normalized spacial score (nSPS) is 18.3. The summed E-state index contributed by atoms with van der Waals surface area (Å²) in [7, 11) is 2.00. The molecule has 4 aromatic rings. The molecule has 1 aliphatic heterocycles. The highest BCUT2D eigenvalue weighted by Gasteiger charge is 2.32. The summed E-state index contributed by atoms with van der Waals surface area (Å²) < 4.78 is 4.32. The molecule has 0 spiro atoms. The van der Waals surface area contributed by atoms with E-state index in [-0.39, 0.29) is 24.2 Å². The van der Waals surface area contributed by atoms with Crippen LogP contribution in [0.15, 0.2) is 48.5 Å². The third kappa shape index (κ3) is 3.82. The molecule has 0 radical (unpaired) electrons. The lowest BCUT2D eigenvalue weighted by Crippen LogP contribution is -2.53. The van der Waals surface area contributed by atoms with Crippen molar-refractivity contribution in [2.75, 3.05) is 13.1 Å². The Balaban J connectivity index is 0.00000274. The summed E-state index contributed by atoms with van der Waals surface area (Å²) in [6, 6.07) is 15.6. The van der Waals surface area contributed by atoms with Crippen molar-refractivity contribution >= 4 is 46.2 Å². The van der Waals surface area contributed by atoms with Crippen molar-refractivity contribution < 1.29 is 9.59 Å². The summed E-state index contributed by atoms with van der Waals surface area (Å²) >= 11 is 0. The molecule has 0 bridgehead atoms. The van der Waals surface area contributed by atoms with E-state index in [0.717, 1.165) is 29.1 Å². The Morgan fingerprint density at radius 3 is 2.59 bits per heavy atom. The zero-order valence-corrected chi connectivity index (χ0v) is 20.1. The van der Waals surface area contributed by atoms with Gasteiger partial charge < -0.3 is 25.5 Å². The first kappa shape index (κ1) is 23.8. The van der Waals surface area contributed by atoms with E-state index in [9.17, 15) is 9.59 Å². The molecule has 34 heavy (non-hydrogen) atoms. The van der Waals surface area contributed by atoms with Crippen LogP contribution in [0.4, 0.5) is 0 Å². The second-order valence-corrected chi connectivity index (χ2v) is 8.74. The minimum Gasteiger partial charge on any atom is -0.369 e. The van der Waals surface area contributed by atoms with Gasteiger partial charge in [0.2, 0.25) is 5.91 Å². The Hall–Kier alpha value is -3.36. The number of hydrogen-bond donors (Lipinski definition) is 2. The van der Waals surface area contributed by atoms with Crippen molar-refractivity contribution in [3.05, 3.63) is 54.1 Å². The highest BCUT2D eigenvalue weighted by molar-refractivity contribution is 5.98. The predicted octanol–water partition coefficient (Wildman–Crippen LogP) is 2.91. The van der Waals surface area contributed by atoms with Gasteiger partial charge in [0.25, 0.3) is 5.91 Å². The average Bonchev–Trinajstić information content (AvgIpc) is 3.35. The first-order valence-corrected chi connectivity index (χ1v) is 11.3. The lowest BCUT2D eigenvalue weighted by molar-refractivity contribution is -0.123. The molecular weight excluding hydrogens is 452 g/mol. The maximum absolute atomic E-state index is 13.2. The number of amides is 2. The van der Waals surface area contributed by atoms with Crippen LogP contribution in [-0.4, -0.2) is 50.0 Å². The van der Waals surface area contributed by atoms with Gasteiger partial charge in [-0.25, -0.2) is 4.98 Å². The van der Waals surface area contributed by atoms with Crippen molar-refractivity contribution in [1.29, 1.82) is 0 Å². The maximum Gasteiger partial charge on any atom is 0.253 e. The average molecular weight is 481 g/mol. The zero-order valence-electron chi connectivity index (χ0n) is 19.3. The number of para-hydroxylation sites is 1.